The van der Waals surface area contributed by atoms with Crippen LogP contribution in [0.25, 0.3) is 11.3 Å². The normalized spacial score (nSPS) is 10.4. The number of primary amides is 1. The van der Waals surface area contributed by atoms with Crippen molar-refractivity contribution in [2.45, 2.75) is 19.8 Å². The molecular weight excluding hydrogens is 272 g/mol. The van der Waals surface area contributed by atoms with E-state index in [1.165, 1.54) is 0 Å². The van der Waals surface area contributed by atoms with Gasteiger partial charge in [-0.3, -0.25) is 4.79 Å². The first-order valence-corrected chi connectivity index (χ1v) is 6.69. The maximum Gasteiger partial charge on any atom is 0.271 e. The Balaban J connectivity index is 2.30. The molecule has 0 fully saturated rings. The third-order valence-electron chi connectivity index (χ3n) is 2.97. The highest BCUT2D eigenvalue weighted by Gasteiger charge is 2.17. The molecule has 0 saturated carbocycles. The van der Waals surface area contributed by atoms with Crippen LogP contribution in [0, 0.1) is 0 Å². The van der Waals surface area contributed by atoms with Crippen LogP contribution in [0.3, 0.4) is 0 Å². The second-order valence-corrected chi connectivity index (χ2v) is 4.45. The van der Waals surface area contributed by atoms with E-state index >= 15 is 0 Å². The lowest BCUT2D eigenvalue weighted by atomic mass is 10.1. The van der Waals surface area contributed by atoms with Crippen LogP contribution >= 0.6 is 0 Å². The van der Waals surface area contributed by atoms with Crippen molar-refractivity contribution < 1.29 is 14.3 Å². The number of H-pyrrole nitrogens is 1. The van der Waals surface area contributed by atoms with Gasteiger partial charge in [-0.25, -0.2) is 0 Å². The van der Waals surface area contributed by atoms with Crippen molar-refractivity contribution in [2.75, 3.05) is 13.7 Å². The zero-order valence-electron chi connectivity index (χ0n) is 12.0. The Morgan fingerprint density at radius 2 is 2.14 bits per heavy atom. The standard InChI is InChI=1S/C14H18N4O3/c1-3-4-7-21-10-6-5-9(8-11(10)20-2)12-13(14(15)19)17-18-16-12/h5-6,8H,3-4,7H2,1-2H3,(H2,15,19)(H,16,17,18). The summed E-state index contributed by atoms with van der Waals surface area (Å²) in [6.45, 7) is 2.72. The number of aromatic nitrogens is 3. The molecule has 1 aromatic carbocycles. The van der Waals surface area contributed by atoms with Gasteiger partial charge in [0, 0.05) is 5.56 Å². The van der Waals surface area contributed by atoms with Crippen LogP contribution < -0.4 is 15.2 Å². The van der Waals surface area contributed by atoms with E-state index in [4.69, 9.17) is 15.2 Å². The van der Waals surface area contributed by atoms with Crippen LogP contribution in [0.5, 0.6) is 11.5 Å². The maximum atomic E-state index is 11.3. The number of hydrogen-bond donors (Lipinski definition) is 2. The van der Waals surface area contributed by atoms with Gasteiger partial charge in [-0.1, -0.05) is 13.3 Å². The lowest BCUT2D eigenvalue weighted by molar-refractivity contribution is 0.0996. The zero-order valence-corrected chi connectivity index (χ0v) is 12.0. The van der Waals surface area contributed by atoms with E-state index in [0.29, 0.717) is 29.4 Å². The Hall–Kier alpha value is -2.57. The average Bonchev–Trinajstić information content (AvgIpc) is 2.97. The van der Waals surface area contributed by atoms with Gasteiger partial charge in [0.05, 0.1) is 13.7 Å². The average molecular weight is 290 g/mol. The number of hydrogen-bond acceptors (Lipinski definition) is 5. The minimum absolute atomic E-state index is 0.0942. The van der Waals surface area contributed by atoms with E-state index in [-0.39, 0.29) is 5.69 Å². The Morgan fingerprint density at radius 1 is 1.33 bits per heavy atom. The number of methoxy groups -OCH3 is 1. The van der Waals surface area contributed by atoms with Crippen molar-refractivity contribution in [1.29, 1.82) is 0 Å². The molecule has 2 aromatic rings. The molecule has 0 aliphatic heterocycles. The van der Waals surface area contributed by atoms with Crippen LogP contribution in [-0.2, 0) is 0 Å². The molecule has 1 aromatic heterocycles. The fourth-order valence-electron chi connectivity index (χ4n) is 1.86. The molecule has 1 amide bonds. The molecule has 112 valence electrons. The number of benzene rings is 1. The second kappa shape index (κ2) is 6.74. The zero-order chi connectivity index (χ0) is 15.2. The lowest BCUT2D eigenvalue weighted by Crippen LogP contribution is -2.12. The van der Waals surface area contributed by atoms with E-state index in [1.54, 1.807) is 25.3 Å². The molecule has 3 N–H and O–H groups in total. The number of rotatable bonds is 7. The predicted molar refractivity (Wildman–Crippen MR) is 77.3 cm³/mol. The maximum absolute atomic E-state index is 11.3. The smallest absolute Gasteiger partial charge is 0.271 e. The quantitative estimate of drug-likeness (QED) is 0.756. The Morgan fingerprint density at radius 3 is 2.81 bits per heavy atom. The summed E-state index contributed by atoms with van der Waals surface area (Å²) >= 11 is 0. The van der Waals surface area contributed by atoms with Gasteiger partial charge < -0.3 is 15.2 Å². The number of amides is 1. The number of carbonyl (C=O) groups excluding carboxylic acids is 1. The van der Waals surface area contributed by atoms with Crippen LogP contribution in [0.1, 0.15) is 30.3 Å². The fourth-order valence-corrected chi connectivity index (χ4v) is 1.86. The molecule has 0 saturated heterocycles. The minimum Gasteiger partial charge on any atom is -0.493 e. The molecule has 1 heterocycles. The van der Waals surface area contributed by atoms with Gasteiger partial charge in [0.2, 0.25) is 0 Å². The molecule has 0 bridgehead atoms. The van der Waals surface area contributed by atoms with Crippen molar-refractivity contribution in [3.05, 3.63) is 23.9 Å². The van der Waals surface area contributed by atoms with Crippen LogP contribution in [0.4, 0.5) is 0 Å². The van der Waals surface area contributed by atoms with Gasteiger partial charge in [0.1, 0.15) is 5.69 Å². The van der Waals surface area contributed by atoms with Crippen molar-refractivity contribution in [1.82, 2.24) is 15.4 Å². The molecule has 0 unspecified atom stereocenters. The molecular formula is C14H18N4O3. The largest absolute Gasteiger partial charge is 0.493 e. The van der Waals surface area contributed by atoms with Crippen molar-refractivity contribution in [2.24, 2.45) is 5.73 Å². The highest BCUT2D eigenvalue weighted by Crippen LogP contribution is 2.32. The molecule has 7 nitrogen and oxygen atoms in total. The molecule has 0 spiro atoms. The van der Waals surface area contributed by atoms with Crippen LogP contribution in [-0.4, -0.2) is 35.0 Å². The number of unbranched alkanes of at least 4 members (excludes halogenated alkanes) is 1. The van der Waals surface area contributed by atoms with Crippen LogP contribution in [0.2, 0.25) is 0 Å². The Labute approximate surface area is 122 Å². The molecule has 2 rings (SSSR count). The molecule has 21 heavy (non-hydrogen) atoms. The first-order valence-electron chi connectivity index (χ1n) is 6.69. The van der Waals surface area contributed by atoms with Gasteiger partial charge in [-0.2, -0.15) is 15.4 Å². The topological polar surface area (TPSA) is 103 Å². The first kappa shape index (κ1) is 14.8. The van der Waals surface area contributed by atoms with Crippen molar-refractivity contribution in [3.8, 4) is 22.8 Å². The summed E-state index contributed by atoms with van der Waals surface area (Å²) < 4.78 is 11.0. The van der Waals surface area contributed by atoms with Gasteiger partial charge in [0.25, 0.3) is 5.91 Å². The summed E-state index contributed by atoms with van der Waals surface area (Å²) in [4.78, 5) is 11.3. The number of ether oxygens (including phenoxy) is 2. The third kappa shape index (κ3) is 3.31. The van der Waals surface area contributed by atoms with Crippen molar-refractivity contribution in [3.63, 3.8) is 0 Å². The van der Waals surface area contributed by atoms with E-state index in [2.05, 4.69) is 22.3 Å². The monoisotopic (exact) mass is 290 g/mol. The molecule has 7 heteroatoms. The summed E-state index contributed by atoms with van der Waals surface area (Å²) in [5, 5.41) is 10.1. The lowest BCUT2D eigenvalue weighted by Gasteiger charge is -2.11. The molecule has 0 aliphatic rings. The van der Waals surface area contributed by atoms with Gasteiger partial charge in [-0.15, -0.1) is 0 Å². The number of nitrogens with zero attached hydrogens (tertiary/aromatic N) is 2. The molecule has 0 aliphatic carbocycles. The van der Waals surface area contributed by atoms with E-state index in [0.717, 1.165) is 12.8 Å². The summed E-state index contributed by atoms with van der Waals surface area (Å²) in [6.07, 6.45) is 2.03. The summed E-state index contributed by atoms with van der Waals surface area (Å²) in [7, 11) is 1.56. The summed E-state index contributed by atoms with van der Waals surface area (Å²) in [6, 6.07) is 5.31. The fraction of sp³-hybridized carbons (Fsp3) is 0.357. The SMILES string of the molecule is CCCCOc1ccc(-c2n[nH]nc2C(N)=O)cc1OC. The summed E-state index contributed by atoms with van der Waals surface area (Å²) in [5.41, 5.74) is 6.42. The molecule has 0 radical (unpaired) electrons. The Bertz CT molecular complexity index is 624. The number of carbonyl (C=O) groups is 1. The third-order valence-corrected chi connectivity index (χ3v) is 2.97. The minimum atomic E-state index is -0.638. The van der Waals surface area contributed by atoms with E-state index in [1.807, 2.05) is 0 Å². The van der Waals surface area contributed by atoms with Gasteiger partial charge >= 0.3 is 0 Å². The number of nitrogens with one attached hydrogen (secondary N) is 1. The predicted octanol–water partition coefficient (Wildman–Crippen LogP) is 1.76. The van der Waals surface area contributed by atoms with E-state index in [9.17, 15) is 4.79 Å². The van der Waals surface area contributed by atoms with E-state index < -0.39 is 5.91 Å². The second-order valence-electron chi connectivity index (χ2n) is 4.45. The van der Waals surface area contributed by atoms with Crippen molar-refractivity contribution >= 4 is 5.91 Å². The van der Waals surface area contributed by atoms with Crippen LogP contribution in [0.15, 0.2) is 18.2 Å². The molecule has 0 atom stereocenters. The van der Waals surface area contributed by atoms with Gasteiger partial charge in [0.15, 0.2) is 17.2 Å². The highest BCUT2D eigenvalue weighted by molar-refractivity contribution is 5.96. The summed E-state index contributed by atoms with van der Waals surface area (Å²) in [5.74, 6) is 0.585. The number of nitrogens with two attached hydrogens (primary N) is 1. The van der Waals surface area contributed by atoms with Gasteiger partial charge in [-0.05, 0) is 24.6 Å². The first-order chi connectivity index (χ1) is 10.2. The Kier molecular flexibility index (Phi) is 4.76. The number of aromatic amines is 1. The highest BCUT2D eigenvalue weighted by atomic mass is 16.5.